The molecule has 0 atom stereocenters. The first kappa shape index (κ1) is 36.5. The quantitative estimate of drug-likeness (QED) is 0.182. The molecule has 28 heavy (non-hydrogen) atoms. The van der Waals surface area contributed by atoms with Crippen LogP contribution in [-0.4, -0.2) is 111 Å². The van der Waals surface area contributed by atoms with Gasteiger partial charge in [0.05, 0.1) is 51.5 Å². The zero-order chi connectivity index (χ0) is 23.8. The summed E-state index contributed by atoms with van der Waals surface area (Å²) in [6.07, 6.45) is 0. The van der Waals surface area contributed by atoms with Crippen molar-refractivity contribution in [2.24, 2.45) is 28.7 Å². The number of aliphatic hydroxyl groups is 3. The summed E-state index contributed by atoms with van der Waals surface area (Å²) >= 11 is 0. The molecule has 0 saturated heterocycles. The van der Waals surface area contributed by atoms with Gasteiger partial charge in [-0.1, -0.05) is 0 Å². The van der Waals surface area contributed by atoms with Crippen molar-refractivity contribution >= 4 is 23.9 Å². The Bertz CT molecular complexity index is 341. The van der Waals surface area contributed by atoms with Crippen LogP contribution in [0.2, 0.25) is 0 Å². The third-order valence-corrected chi connectivity index (χ3v) is 1.64. The van der Waals surface area contributed by atoms with Gasteiger partial charge in [-0.05, 0) is 0 Å². The van der Waals surface area contributed by atoms with Crippen LogP contribution in [-0.2, 0) is 19.2 Å². The van der Waals surface area contributed by atoms with E-state index in [0.717, 1.165) is 0 Å². The predicted octanol–water partition coefficient (Wildman–Crippen LogP) is -6.22. The molecule has 0 rings (SSSR count). The van der Waals surface area contributed by atoms with E-state index in [1.807, 2.05) is 0 Å². The second kappa shape index (κ2) is 26.8. The number of aliphatic hydroxyl groups excluding tert-OH is 3. The topological polar surface area (TPSA) is 340 Å². The van der Waals surface area contributed by atoms with Gasteiger partial charge in [0.1, 0.15) is 0 Å². The highest BCUT2D eigenvalue weighted by Crippen LogP contribution is 1.93. The first-order valence-corrected chi connectivity index (χ1v) is 7.06. The molecule has 0 aromatic heterocycles. The largest absolute Gasteiger partial charge is 0.480 e. The minimum Gasteiger partial charge on any atom is -0.480 e. The summed E-state index contributed by atoms with van der Waals surface area (Å²) in [5, 5.41) is 55.4. The number of aliphatic carboxylic acids is 4. The molecule has 0 amide bonds. The van der Waals surface area contributed by atoms with Gasteiger partial charge in [0.2, 0.25) is 0 Å². The van der Waals surface area contributed by atoms with Crippen LogP contribution in [0.1, 0.15) is 0 Å². The van der Waals surface area contributed by atoms with E-state index in [4.69, 9.17) is 41.5 Å². The van der Waals surface area contributed by atoms with Gasteiger partial charge in [0.25, 0.3) is 0 Å². The monoisotopic (exact) mass is 421 g/mol. The molecule has 170 valence electrons. The van der Waals surface area contributed by atoms with Crippen molar-refractivity contribution in [1.82, 2.24) is 0 Å². The lowest BCUT2D eigenvalue weighted by Gasteiger charge is -2.20. The van der Waals surface area contributed by atoms with Gasteiger partial charge in [0.15, 0.2) is 0 Å². The van der Waals surface area contributed by atoms with Crippen LogP contribution in [0, 0.1) is 0 Å². The molecule has 0 unspecified atom stereocenters. The standard InChI is InChI=1S/C4H11NO3.4C2H5NO2/c5-4(1-6,2-7)3-8;4*3-1-2(4)5/h6-8H,1-3,5H2;4*1,3H2,(H,4,5). The van der Waals surface area contributed by atoms with Gasteiger partial charge in [-0.25, -0.2) is 0 Å². The summed E-state index contributed by atoms with van der Waals surface area (Å²) < 4.78 is 0. The van der Waals surface area contributed by atoms with Crippen molar-refractivity contribution < 1.29 is 54.9 Å². The fourth-order valence-electron chi connectivity index (χ4n) is 0.150. The molecule has 0 aromatic rings. The van der Waals surface area contributed by atoms with Gasteiger partial charge in [0, 0.05) is 0 Å². The molecule has 16 heteroatoms. The second-order valence-electron chi connectivity index (χ2n) is 4.23. The Morgan fingerprint density at radius 2 is 0.643 bits per heavy atom. The van der Waals surface area contributed by atoms with Crippen LogP contribution in [0.15, 0.2) is 0 Å². The molecule has 0 aliphatic rings. The van der Waals surface area contributed by atoms with E-state index in [1.54, 1.807) is 0 Å². The highest BCUT2D eigenvalue weighted by Gasteiger charge is 2.20. The van der Waals surface area contributed by atoms with Crippen molar-refractivity contribution in [2.75, 3.05) is 46.0 Å². The summed E-state index contributed by atoms with van der Waals surface area (Å²) in [6, 6.07) is 0. The van der Waals surface area contributed by atoms with Crippen LogP contribution in [0.5, 0.6) is 0 Å². The third-order valence-electron chi connectivity index (χ3n) is 1.64. The van der Waals surface area contributed by atoms with E-state index in [1.165, 1.54) is 0 Å². The molecule has 0 aromatic carbocycles. The number of nitrogens with two attached hydrogens (primary N) is 5. The van der Waals surface area contributed by atoms with Crippen LogP contribution >= 0.6 is 0 Å². The molecule has 0 saturated carbocycles. The summed E-state index contributed by atoms with van der Waals surface area (Å²) in [7, 11) is 0. The maximum Gasteiger partial charge on any atom is 0.317 e. The van der Waals surface area contributed by atoms with Gasteiger partial charge in [-0.3, -0.25) is 19.2 Å². The Morgan fingerprint density at radius 3 is 0.643 bits per heavy atom. The first-order chi connectivity index (χ1) is 12.8. The number of hydrogen-bond acceptors (Lipinski definition) is 12. The van der Waals surface area contributed by atoms with E-state index in [9.17, 15) is 19.2 Å². The van der Waals surface area contributed by atoms with Crippen molar-refractivity contribution in [2.45, 2.75) is 5.54 Å². The van der Waals surface area contributed by atoms with E-state index in [-0.39, 0.29) is 26.2 Å². The number of rotatable bonds is 7. The lowest BCUT2D eigenvalue weighted by Crippen LogP contribution is -2.50. The van der Waals surface area contributed by atoms with E-state index in [2.05, 4.69) is 22.9 Å². The fraction of sp³-hybridized carbons (Fsp3) is 0.667. The second-order valence-corrected chi connectivity index (χ2v) is 4.23. The van der Waals surface area contributed by atoms with Gasteiger partial charge < -0.3 is 64.4 Å². The molecule has 0 bridgehead atoms. The Morgan fingerprint density at radius 1 is 0.536 bits per heavy atom. The van der Waals surface area contributed by atoms with Crippen LogP contribution in [0.4, 0.5) is 0 Å². The lowest BCUT2D eigenvalue weighted by atomic mass is 10.1. The van der Waals surface area contributed by atoms with Crippen LogP contribution < -0.4 is 28.7 Å². The lowest BCUT2D eigenvalue weighted by molar-refractivity contribution is -0.136. The van der Waals surface area contributed by atoms with E-state index < -0.39 is 49.2 Å². The molecule has 16 nitrogen and oxygen atoms in total. The van der Waals surface area contributed by atoms with Gasteiger partial charge in [-0.15, -0.1) is 0 Å². The molecule has 0 spiro atoms. The van der Waals surface area contributed by atoms with E-state index in [0.29, 0.717) is 0 Å². The third kappa shape index (κ3) is 56.6. The maximum absolute atomic E-state index is 9.24. The van der Waals surface area contributed by atoms with Crippen LogP contribution in [0.25, 0.3) is 0 Å². The molecule has 0 radical (unpaired) electrons. The SMILES string of the molecule is NC(CO)(CO)CO.NCC(=O)O.NCC(=O)O.NCC(=O)O.NCC(=O)O. The molecule has 0 fully saturated rings. The molecule has 0 heterocycles. The molecular weight excluding hydrogens is 390 g/mol. The number of carbonyl (C=O) groups is 4. The van der Waals surface area contributed by atoms with Crippen LogP contribution in [0.3, 0.4) is 0 Å². The molecule has 0 aliphatic carbocycles. The van der Waals surface area contributed by atoms with Crippen molar-refractivity contribution in [3.8, 4) is 0 Å². The molecule has 17 N–H and O–H groups in total. The summed E-state index contributed by atoms with van der Waals surface area (Å²) in [5.41, 5.74) is 22.2. The van der Waals surface area contributed by atoms with Crippen molar-refractivity contribution in [1.29, 1.82) is 0 Å². The Hall–Kier alpha value is -2.44. The highest BCUT2D eigenvalue weighted by atomic mass is 16.4. The zero-order valence-electron chi connectivity index (χ0n) is 15.1. The summed E-state index contributed by atoms with van der Waals surface area (Å²) in [6.45, 7) is -2.32. The minimum absolute atomic E-state index is 0.278. The van der Waals surface area contributed by atoms with Gasteiger partial charge in [-0.2, -0.15) is 0 Å². The molecular formula is C12H31N5O11. The Labute approximate surface area is 160 Å². The first-order valence-electron chi connectivity index (χ1n) is 7.06. The Balaban J connectivity index is -0.0000000802. The van der Waals surface area contributed by atoms with Gasteiger partial charge >= 0.3 is 23.9 Å². The average Bonchev–Trinajstić information content (AvgIpc) is 2.68. The van der Waals surface area contributed by atoms with Crippen molar-refractivity contribution in [3.05, 3.63) is 0 Å². The fourth-order valence-corrected chi connectivity index (χ4v) is 0.150. The predicted molar refractivity (Wildman–Crippen MR) is 94.9 cm³/mol. The Kier molecular flexibility index (Phi) is 34.9. The number of carboxylic acids is 4. The number of hydrogen-bond donors (Lipinski definition) is 12. The zero-order valence-corrected chi connectivity index (χ0v) is 15.1. The maximum atomic E-state index is 9.24. The summed E-state index contributed by atoms with van der Waals surface area (Å²) in [4.78, 5) is 37.0. The number of carboxylic acid groups (broad SMARTS) is 4. The van der Waals surface area contributed by atoms with Crippen molar-refractivity contribution in [3.63, 3.8) is 0 Å². The van der Waals surface area contributed by atoms with E-state index >= 15 is 0 Å². The highest BCUT2D eigenvalue weighted by molar-refractivity contribution is 5.69. The average molecular weight is 421 g/mol. The minimum atomic E-state index is -1.21. The summed E-state index contributed by atoms with van der Waals surface area (Å²) in [5.74, 6) is -3.87. The smallest absolute Gasteiger partial charge is 0.317 e. The normalized spacial score (nSPS) is 8.71. The molecule has 0 aliphatic heterocycles.